The van der Waals surface area contributed by atoms with Crippen molar-refractivity contribution >= 4 is 0 Å². The number of nitrogens with one attached hydrogen (secondary N) is 1. The fraction of sp³-hybridized carbons (Fsp3) is 0.167. The molecule has 20 heavy (non-hydrogen) atoms. The van der Waals surface area contributed by atoms with E-state index < -0.39 is 23.0 Å². The number of rotatable bonds is 3. The molecular formula is C12H9F3N2O3. The van der Waals surface area contributed by atoms with Gasteiger partial charge in [0.25, 0.3) is 5.88 Å². The second-order valence-electron chi connectivity index (χ2n) is 3.90. The van der Waals surface area contributed by atoms with Crippen LogP contribution in [0.4, 0.5) is 13.2 Å². The van der Waals surface area contributed by atoms with Gasteiger partial charge in [-0.05, 0) is 18.2 Å². The number of halogens is 3. The molecule has 0 aliphatic rings. The Hall–Kier alpha value is -2.51. The van der Waals surface area contributed by atoms with E-state index in [9.17, 15) is 18.0 Å². The number of alkyl halides is 3. The monoisotopic (exact) mass is 286 g/mol. The molecule has 0 radical (unpaired) electrons. The Bertz CT molecular complexity index is 667. The van der Waals surface area contributed by atoms with Gasteiger partial charge in [0.2, 0.25) is 5.43 Å². The summed E-state index contributed by atoms with van der Waals surface area (Å²) >= 11 is 0. The number of aromatic nitrogens is 2. The van der Waals surface area contributed by atoms with E-state index in [1.807, 2.05) is 0 Å². The van der Waals surface area contributed by atoms with Crippen molar-refractivity contribution in [2.24, 2.45) is 0 Å². The highest BCUT2D eigenvalue weighted by atomic mass is 19.4. The van der Waals surface area contributed by atoms with Crippen molar-refractivity contribution < 1.29 is 23.0 Å². The van der Waals surface area contributed by atoms with Gasteiger partial charge in [-0.15, -0.1) is 5.10 Å². The second-order valence-corrected chi connectivity index (χ2v) is 3.90. The van der Waals surface area contributed by atoms with Crippen LogP contribution in [0.15, 0.2) is 35.1 Å². The standard InChI is InChI=1S/C12H9F3N2O3/c13-12(14,15)7-2-1-3-9(4-7)20-6-8-5-10(18)11(19)17-16-8/h1-5H,6H2,(H,16,18)(H,17,19). The summed E-state index contributed by atoms with van der Waals surface area (Å²) in [6.45, 7) is -0.177. The molecule has 0 aliphatic carbocycles. The number of ether oxygens (including phenoxy) is 1. The summed E-state index contributed by atoms with van der Waals surface area (Å²) in [6.07, 6.45) is -4.45. The molecule has 1 aromatic carbocycles. The van der Waals surface area contributed by atoms with Gasteiger partial charge in [0.1, 0.15) is 12.4 Å². The van der Waals surface area contributed by atoms with Crippen LogP contribution < -0.4 is 10.2 Å². The molecule has 2 aromatic rings. The minimum absolute atomic E-state index is 0.00810. The van der Waals surface area contributed by atoms with Gasteiger partial charge in [-0.25, -0.2) is 0 Å². The molecule has 8 heteroatoms. The molecule has 106 valence electrons. The first kappa shape index (κ1) is 13.9. The zero-order valence-electron chi connectivity index (χ0n) is 9.94. The third-order valence-electron chi connectivity index (χ3n) is 2.39. The first-order valence-corrected chi connectivity index (χ1v) is 5.44. The molecule has 2 N–H and O–H groups in total. The Morgan fingerprint density at radius 1 is 1.30 bits per heavy atom. The van der Waals surface area contributed by atoms with Crippen molar-refractivity contribution in [3.8, 4) is 11.6 Å². The number of aromatic hydroxyl groups is 1. The van der Waals surface area contributed by atoms with E-state index in [0.29, 0.717) is 0 Å². The quantitative estimate of drug-likeness (QED) is 0.905. The van der Waals surface area contributed by atoms with E-state index >= 15 is 0 Å². The molecule has 0 saturated heterocycles. The Balaban J connectivity index is 2.11. The third kappa shape index (κ3) is 3.28. The van der Waals surface area contributed by atoms with Gasteiger partial charge in [-0.1, -0.05) is 6.07 Å². The van der Waals surface area contributed by atoms with Gasteiger partial charge in [-0.3, -0.25) is 9.89 Å². The Kier molecular flexibility index (Phi) is 3.64. The Labute approximate surface area is 110 Å². The third-order valence-corrected chi connectivity index (χ3v) is 2.39. The van der Waals surface area contributed by atoms with Crippen LogP contribution >= 0.6 is 0 Å². The van der Waals surface area contributed by atoms with Crippen LogP contribution in [0.25, 0.3) is 0 Å². The van der Waals surface area contributed by atoms with E-state index in [2.05, 4.69) is 10.2 Å². The van der Waals surface area contributed by atoms with Crippen molar-refractivity contribution in [3.05, 3.63) is 51.8 Å². The smallest absolute Gasteiger partial charge is 0.416 e. The van der Waals surface area contributed by atoms with Crippen LogP contribution in [-0.2, 0) is 12.8 Å². The van der Waals surface area contributed by atoms with Gasteiger partial charge in [0.15, 0.2) is 0 Å². The summed E-state index contributed by atoms with van der Waals surface area (Å²) in [4.78, 5) is 11.1. The highest BCUT2D eigenvalue weighted by Gasteiger charge is 2.30. The maximum absolute atomic E-state index is 12.5. The normalized spacial score (nSPS) is 11.3. The van der Waals surface area contributed by atoms with Gasteiger partial charge in [0.05, 0.1) is 11.3 Å². The van der Waals surface area contributed by atoms with E-state index in [1.165, 1.54) is 12.1 Å². The van der Waals surface area contributed by atoms with Gasteiger partial charge in [-0.2, -0.15) is 13.2 Å². The summed E-state index contributed by atoms with van der Waals surface area (Å²) in [5.74, 6) is -0.679. The van der Waals surface area contributed by atoms with Crippen molar-refractivity contribution in [1.82, 2.24) is 10.2 Å². The molecule has 0 amide bonds. The lowest BCUT2D eigenvalue weighted by Gasteiger charge is -2.10. The van der Waals surface area contributed by atoms with E-state index in [1.54, 1.807) is 0 Å². The predicted molar refractivity (Wildman–Crippen MR) is 62.3 cm³/mol. The highest BCUT2D eigenvalue weighted by molar-refractivity contribution is 5.30. The number of H-pyrrole nitrogens is 1. The summed E-state index contributed by atoms with van der Waals surface area (Å²) in [7, 11) is 0. The van der Waals surface area contributed by atoms with Crippen LogP contribution in [-0.4, -0.2) is 15.3 Å². The van der Waals surface area contributed by atoms with Crippen LogP contribution in [0.5, 0.6) is 11.6 Å². The molecule has 0 spiro atoms. The maximum Gasteiger partial charge on any atom is 0.416 e. The van der Waals surface area contributed by atoms with Crippen molar-refractivity contribution in [3.63, 3.8) is 0 Å². The minimum Gasteiger partial charge on any atom is -0.490 e. The first-order chi connectivity index (χ1) is 9.36. The van der Waals surface area contributed by atoms with Crippen molar-refractivity contribution in [2.45, 2.75) is 12.8 Å². The Morgan fingerprint density at radius 2 is 2.05 bits per heavy atom. The van der Waals surface area contributed by atoms with Crippen molar-refractivity contribution in [1.29, 1.82) is 0 Å². The minimum atomic E-state index is -4.45. The highest BCUT2D eigenvalue weighted by Crippen LogP contribution is 2.31. The number of benzene rings is 1. The topological polar surface area (TPSA) is 75.2 Å². The number of hydrogen-bond donors (Lipinski definition) is 2. The number of nitrogens with zero attached hydrogens (tertiary/aromatic N) is 1. The summed E-state index contributed by atoms with van der Waals surface area (Å²) < 4.78 is 42.6. The summed E-state index contributed by atoms with van der Waals surface area (Å²) in [5, 5.41) is 14.6. The lowest BCUT2D eigenvalue weighted by Crippen LogP contribution is -2.09. The zero-order chi connectivity index (χ0) is 14.8. The largest absolute Gasteiger partial charge is 0.490 e. The first-order valence-electron chi connectivity index (χ1n) is 5.44. The predicted octanol–water partition coefficient (Wildman–Crippen LogP) is 2.07. The van der Waals surface area contributed by atoms with Crippen LogP contribution in [0.1, 0.15) is 11.3 Å². The Morgan fingerprint density at radius 3 is 2.70 bits per heavy atom. The molecule has 1 heterocycles. The average Bonchev–Trinajstić information content (AvgIpc) is 2.39. The van der Waals surface area contributed by atoms with Gasteiger partial charge >= 0.3 is 6.18 Å². The van der Waals surface area contributed by atoms with Crippen molar-refractivity contribution in [2.75, 3.05) is 0 Å². The van der Waals surface area contributed by atoms with E-state index in [4.69, 9.17) is 9.84 Å². The molecule has 0 saturated carbocycles. The number of aromatic amines is 1. The molecule has 0 fully saturated rings. The lowest BCUT2D eigenvalue weighted by molar-refractivity contribution is -0.137. The van der Waals surface area contributed by atoms with E-state index in [0.717, 1.165) is 18.2 Å². The molecule has 5 nitrogen and oxygen atoms in total. The lowest BCUT2D eigenvalue weighted by atomic mass is 10.2. The molecule has 0 unspecified atom stereocenters. The average molecular weight is 286 g/mol. The summed E-state index contributed by atoms with van der Waals surface area (Å²) in [6, 6.07) is 5.41. The maximum atomic E-state index is 12.5. The fourth-order valence-corrected chi connectivity index (χ4v) is 1.43. The molecular weight excluding hydrogens is 277 g/mol. The molecule has 0 atom stereocenters. The molecule has 1 aromatic heterocycles. The molecule has 2 rings (SSSR count). The summed E-state index contributed by atoms with van der Waals surface area (Å²) in [5.41, 5.74) is -1.30. The van der Waals surface area contributed by atoms with Crippen LogP contribution in [0, 0.1) is 0 Å². The molecule has 0 bridgehead atoms. The zero-order valence-corrected chi connectivity index (χ0v) is 9.94. The second kappa shape index (κ2) is 5.24. The number of hydrogen-bond acceptors (Lipinski definition) is 4. The van der Waals surface area contributed by atoms with Gasteiger partial charge < -0.3 is 9.84 Å². The van der Waals surface area contributed by atoms with E-state index in [-0.39, 0.29) is 18.1 Å². The van der Waals surface area contributed by atoms with Crippen LogP contribution in [0.2, 0.25) is 0 Å². The fourth-order valence-electron chi connectivity index (χ4n) is 1.43. The van der Waals surface area contributed by atoms with Gasteiger partial charge in [0, 0.05) is 6.07 Å². The van der Waals surface area contributed by atoms with Crippen LogP contribution in [0.3, 0.4) is 0 Å². The molecule has 0 aliphatic heterocycles. The SMILES string of the molecule is O=c1cc(COc2cccc(C(F)(F)F)c2)[nH]nc1O.